The average molecular weight is 463 g/mol. The Kier molecular flexibility index (Phi) is 5.41. The molecule has 0 fully saturated rings. The van der Waals surface area contributed by atoms with Crippen LogP contribution in [0.25, 0.3) is 20.9 Å². The maximum Gasteiger partial charge on any atom is 0.312 e. The molecule has 0 radical (unpaired) electrons. The SMILES string of the molecule is O=S(=O)(OS(=O)(=O)c1ccccc1-c1cccs1)c1ccccc1-c1cccs1. The van der Waals surface area contributed by atoms with Gasteiger partial charge in [0.15, 0.2) is 0 Å². The molecule has 0 spiro atoms. The minimum Gasteiger partial charge on any atom is -0.193 e. The average Bonchev–Trinajstić information content (AvgIpc) is 3.41. The van der Waals surface area contributed by atoms with Crippen LogP contribution in [-0.4, -0.2) is 16.8 Å². The second-order valence-electron chi connectivity index (χ2n) is 5.92. The molecule has 2 heterocycles. The predicted molar refractivity (Wildman–Crippen MR) is 115 cm³/mol. The highest BCUT2D eigenvalue weighted by molar-refractivity contribution is 8.00. The summed E-state index contributed by atoms with van der Waals surface area (Å²) in [7, 11) is -9.17. The highest BCUT2D eigenvalue weighted by atomic mass is 32.3. The minimum atomic E-state index is -4.59. The summed E-state index contributed by atoms with van der Waals surface area (Å²) >= 11 is 2.71. The lowest BCUT2D eigenvalue weighted by atomic mass is 10.2. The predicted octanol–water partition coefficient (Wildman–Crippen LogP) is 5.24. The van der Waals surface area contributed by atoms with Crippen molar-refractivity contribution in [3.63, 3.8) is 0 Å². The molecule has 2 aromatic carbocycles. The largest absolute Gasteiger partial charge is 0.312 e. The van der Waals surface area contributed by atoms with Gasteiger partial charge >= 0.3 is 20.2 Å². The third-order valence-corrected chi connectivity index (χ3v) is 9.09. The van der Waals surface area contributed by atoms with E-state index in [2.05, 4.69) is 0 Å². The van der Waals surface area contributed by atoms with Gasteiger partial charge in [-0.2, -0.15) is 16.8 Å². The lowest BCUT2D eigenvalue weighted by Gasteiger charge is -2.12. The highest BCUT2D eigenvalue weighted by Crippen LogP contribution is 2.35. The van der Waals surface area contributed by atoms with Crippen LogP contribution < -0.4 is 0 Å². The van der Waals surface area contributed by atoms with Gasteiger partial charge in [0.05, 0.1) is 0 Å². The molecule has 0 N–H and O–H groups in total. The molecule has 9 heteroatoms. The molecule has 0 atom stereocenters. The zero-order valence-corrected chi connectivity index (χ0v) is 18.0. The monoisotopic (exact) mass is 462 g/mol. The summed E-state index contributed by atoms with van der Waals surface area (Å²) < 4.78 is 56.6. The van der Waals surface area contributed by atoms with E-state index >= 15 is 0 Å². The first-order valence-corrected chi connectivity index (χ1v) is 12.9. The summed E-state index contributed by atoms with van der Waals surface area (Å²) in [6, 6.07) is 19.5. The van der Waals surface area contributed by atoms with Crippen molar-refractivity contribution < 1.29 is 20.5 Å². The Morgan fingerprint density at radius 2 is 0.966 bits per heavy atom. The number of hydrogen-bond donors (Lipinski definition) is 0. The summed E-state index contributed by atoms with van der Waals surface area (Å²) in [5.74, 6) is 0. The first-order chi connectivity index (χ1) is 13.9. The normalized spacial score (nSPS) is 12.1. The molecule has 29 heavy (non-hydrogen) atoms. The molecule has 0 amide bonds. The van der Waals surface area contributed by atoms with E-state index in [-0.39, 0.29) is 9.79 Å². The van der Waals surface area contributed by atoms with Gasteiger partial charge in [0.1, 0.15) is 9.79 Å². The van der Waals surface area contributed by atoms with E-state index < -0.39 is 20.2 Å². The van der Waals surface area contributed by atoms with Gasteiger partial charge in [-0.1, -0.05) is 48.5 Å². The van der Waals surface area contributed by atoms with Crippen molar-refractivity contribution >= 4 is 42.9 Å². The van der Waals surface area contributed by atoms with E-state index in [9.17, 15) is 16.8 Å². The topological polar surface area (TPSA) is 77.5 Å². The molecular formula is C20H14O5S4. The fraction of sp³-hybridized carbons (Fsp3) is 0. The van der Waals surface area contributed by atoms with Crippen molar-refractivity contribution in [2.24, 2.45) is 0 Å². The highest BCUT2D eigenvalue weighted by Gasteiger charge is 2.31. The molecule has 0 bridgehead atoms. The van der Waals surface area contributed by atoms with Crippen LogP contribution in [0.15, 0.2) is 93.3 Å². The van der Waals surface area contributed by atoms with E-state index in [1.807, 2.05) is 10.8 Å². The Bertz CT molecular complexity index is 1230. The Morgan fingerprint density at radius 1 is 0.552 bits per heavy atom. The summed E-state index contributed by atoms with van der Waals surface area (Å²) in [6.45, 7) is 0. The molecule has 2 aromatic heterocycles. The third kappa shape index (κ3) is 4.05. The van der Waals surface area contributed by atoms with E-state index in [1.165, 1.54) is 46.9 Å². The third-order valence-electron chi connectivity index (χ3n) is 4.07. The van der Waals surface area contributed by atoms with E-state index in [4.69, 9.17) is 3.63 Å². The molecule has 0 aliphatic heterocycles. The summed E-state index contributed by atoms with van der Waals surface area (Å²) in [6.07, 6.45) is 0. The van der Waals surface area contributed by atoms with Crippen LogP contribution in [0.1, 0.15) is 0 Å². The van der Waals surface area contributed by atoms with E-state index in [0.29, 0.717) is 20.9 Å². The zero-order valence-electron chi connectivity index (χ0n) is 14.8. The number of thiophene rings is 2. The van der Waals surface area contributed by atoms with Gasteiger partial charge in [-0.3, -0.25) is 0 Å². The Labute approximate surface area is 177 Å². The van der Waals surface area contributed by atoms with Gasteiger partial charge in [-0.05, 0) is 35.0 Å². The van der Waals surface area contributed by atoms with E-state index in [0.717, 1.165) is 0 Å². The molecule has 5 nitrogen and oxygen atoms in total. The Balaban J connectivity index is 1.78. The van der Waals surface area contributed by atoms with Gasteiger partial charge in [-0.15, -0.1) is 26.3 Å². The van der Waals surface area contributed by atoms with Gasteiger partial charge in [0.2, 0.25) is 0 Å². The second kappa shape index (κ2) is 7.85. The van der Waals surface area contributed by atoms with Crippen molar-refractivity contribution in [2.75, 3.05) is 0 Å². The lowest BCUT2D eigenvalue weighted by Crippen LogP contribution is -2.15. The van der Waals surface area contributed by atoms with Crippen molar-refractivity contribution in [3.8, 4) is 20.9 Å². The van der Waals surface area contributed by atoms with Gasteiger partial charge in [-0.25, -0.2) is 0 Å². The van der Waals surface area contributed by atoms with Crippen LogP contribution in [0, 0.1) is 0 Å². The molecule has 0 saturated heterocycles. The molecule has 0 saturated carbocycles. The number of benzene rings is 2. The fourth-order valence-corrected chi connectivity index (χ4v) is 7.41. The Hall–Kier alpha value is -2.30. The minimum absolute atomic E-state index is 0.195. The van der Waals surface area contributed by atoms with Crippen LogP contribution in [-0.2, 0) is 23.9 Å². The summed E-state index contributed by atoms with van der Waals surface area (Å²) in [4.78, 5) is 1.01. The van der Waals surface area contributed by atoms with Crippen LogP contribution in [0.3, 0.4) is 0 Å². The molecule has 4 rings (SSSR count). The fourth-order valence-electron chi connectivity index (χ4n) is 2.83. The van der Waals surface area contributed by atoms with Crippen LogP contribution >= 0.6 is 22.7 Å². The quantitative estimate of drug-likeness (QED) is 0.392. The molecule has 0 unspecified atom stereocenters. The molecule has 0 aliphatic carbocycles. The first kappa shape index (κ1) is 20.0. The van der Waals surface area contributed by atoms with Crippen LogP contribution in [0.4, 0.5) is 0 Å². The van der Waals surface area contributed by atoms with E-state index in [1.54, 1.807) is 48.5 Å². The zero-order chi connectivity index (χ0) is 20.5. The molecule has 0 aliphatic rings. The summed E-state index contributed by atoms with van der Waals surface area (Å²) in [5.41, 5.74) is 0.786. The van der Waals surface area contributed by atoms with Gasteiger partial charge in [0.25, 0.3) is 0 Å². The maximum atomic E-state index is 12.9. The van der Waals surface area contributed by atoms with Gasteiger partial charge < -0.3 is 0 Å². The van der Waals surface area contributed by atoms with Gasteiger partial charge in [0, 0.05) is 20.9 Å². The smallest absolute Gasteiger partial charge is 0.193 e. The van der Waals surface area contributed by atoms with Crippen molar-refractivity contribution in [1.29, 1.82) is 0 Å². The molecular weight excluding hydrogens is 448 g/mol. The van der Waals surface area contributed by atoms with Crippen molar-refractivity contribution in [1.82, 2.24) is 0 Å². The molecule has 148 valence electrons. The maximum absolute atomic E-state index is 12.9. The number of rotatable bonds is 6. The summed E-state index contributed by atoms with van der Waals surface area (Å²) in [5, 5.41) is 3.63. The van der Waals surface area contributed by atoms with Crippen molar-refractivity contribution in [3.05, 3.63) is 83.6 Å². The van der Waals surface area contributed by atoms with Crippen LogP contribution in [0.5, 0.6) is 0 Å². The van der Waals surface area contributed by atoms with Crippen LogP contribution in [0.2, 0.25) is 0 Å². The standard InChI is InChI=1S/C20H14O5S4/c21-28(22,19-11-3-1-7-15(19)17-9-5-13-26-17)25-29(23,24)20-12-4-2-8-16(20)18-10-6-14-27-18/h1-14H. The first-order valence-electron chi connectivity index (χ1n) is 8.35. The Morgan fingerprint density at radius 3 is 1.34 bits per heavy atom. The van der Waals surface area contributed by atoms with Crippen molar-refractivity contribution in [2.45, 2.75) is 9.79 Å². The second-order valence-corrected chi connectivity index (χ2v) is 11.1. The lowest BCUT2D eigenvalue weighted by molar-refractivity contribution is 0.462. The molecule has 4 aromatic rings. The number of hydrogen-bond acceptors (Lipinski definition) is 7.